The van der Waals surface area contributed by atoms with Crippen LogP contribution in [0.25, 0.3) is 0 Å². The maximum Gasteiger partial charge on any atom is 0.345 e. The maximum absolute atomic E-state index is 13.2. The van der Waals surface area contributed by atoms with E-state index in [2.05, 4.69) is 0 Å². The monoisotopic (exact) mass is 292 g/mol. The average molecular weight is 292 g/mol. The summed E-state index contributed by atoms with van der Waals surface area (Å²) in [6.45, 7) is 0. The summed E-state index contributed by atoms with van der Waals surface area (Å²) >= 11 is 2.66. The molecule has 0 saturated heterocycles. The molecule has 1 aromatic heterocycles. The third-order valence-electron chi connectivity index (χ3n) is 3.01. The van der Waals surface area contributed by atoms with Crippen molar-refractivity contribution in [1.29, 1.82) is 0 Å². The van der Waals surface area contributed by atoms with Crippen molar-refractivity contribution in [3.63, 3.8) is 0 Å². The Kier molecular flexibility index (Phi) is 4.27. The number of carbonyl (C=O) groups is 1. The highest BCUT2D eigenvalue weighted by Gasteiger charge is 2.35. The van der Waals surface area contributed by atoms with Gasteiger partial charge in [-0.1, -0.05) is 0 Å². The van der Waals surface area contributed by atoms with Gasteiger partial charge in [0.1, 0.15) is 4.88 Å². The van der Waals surface area contributed by atoms with Crippen LogP contribution in [0.4, 0.5) is 8.78 Å². The fourth-order valence-electron chi connectivity index (χ4n) is 2.14. The first-order chi connectivity index (χ1) is 8.46. The minimum Gasteiger partial charge on any atom is -0.477 e. The normalized spacial score (nSPS) is 22.9. The van der Waals surface area contributed by atoms with Gasteiger partial charge in [0.25, 0.3) is 0 Å². The molecule has 100 valence electrons. The van der Waals surface area contributed by atoms with E-state index in [1.807, 2.05) is 0 Å². The Balaban J connectivity index is 1.85. The van der Waals surface area contributed by atoms with Crippen LogP contribution in [0.1, 0.15) is 35.4 Å². The SMILES string of the molecule is O=C(O)c1cc(SCC2CCCC(F)(F)C2)cs1. The van der Waals surface area contributed by atoms with Crippen molar-refractivity contribution in [2.45, 2.75) is 36.5 Å². The molecular formula is C12H14F2O2S2. The highest BCUT2D eigenvalue weighted by atomic mass is 32.2. The summed E-state index contributed by atoms with van der Waals surface area (Å²) in [4.78, 5) is 11.9. The number of carboxylic acids is 1. The van der Waals surface area contributed by atoms with Crippen molar-refractivity contribution >= 4 is 29.1 Å². The minimum atomic E-state index is -2.51. The lowest BCUT2D eigenvalue weighted by Gasteiger charge is -2.28. The molecule has 0 bridgehead atoms. The number of hydrogen-bond donors (Lipinski definition) is 1. The molecule has 0 spiro atoms. The summed E-state index contributed by atoms with van der Waals surface area (Å²) in [5, 5.41) is 10.6. The van der Waals surface area contributed by atoms with E-state index in [0.717, 1.165) is 11.3 Å². The molecule has 18 heavy (non-hydrogen) atoms. The number of thioether (sulfide) groups is 1. The second-order valence-electron chi connectivity index (χ2n) is 4.58. The largest absolute Gasteiger partial charge is 0.477 e. The van der Waals surface area contributed by atoms with Crippen molar-refractivity contribution in [2.75, 3.05) is 5.75 Å². The van der Waals surface area contributed by atoms with Crippen LogP contribution in [-0.2, 0) is 0 Å². The molecule has 1 aliphatic carbocycles. The molecule has 1 aromatic rings. The van der Waals surface area contributed by atoms with E-state index in [9.17, 15) is 13.6 Å². The summed E-state index contributed by atoms with van der Waals surface area (Å²) < 4.78 is 26.4. The molecule has 0 aliphatic heterocycles. The Morgan fingerprint density at radius 2 is 2.39 bits per heavy atom. The Hall–Kier alpha value is -0.620. The standard InChI is InChI=1S/C12H14F2O2S2/c13-12(14)3-1-2-8(5-12)6-17-9-4-10(11(15)16)18-7-9/h4,7-8H,1-3,5-6H2,(H,15,16). The van der Waals surface area contributed by atoms with Crippen molar-refractivity contribution in [3.8, 4) is 0 Å². The zero-order chi connectivity index (χ0) is 13.2. The van der Waals surface area contributed by atoms with Crippen LogP contribution in [0.5, 0.6) is 0 Å². The second kappa shape index (κ2) is 5.57. The second-order valence-corrected chi connectivity index (χ2v) is 6.59. The molecule has 0 radical (unpaired) electrons. The van der Waals surface area contributed by atoms with Crippen molar-refractivity contribution < 1.29 is 18.7 Å². The quantitative estimate of drug-likeness (QED) is 0.838. The van der Waals surface area contributed by atoms with Crippen LogP contribution in [0.2, 0.25) is 0 Å². The Morgan fingerprint density at radius 3 is 3.00 bits per heavy atom. The van der Waals surface area contributed by atoms with Gasteiger partial charge in [0.15, 0.2) is 0 Å². The molecule has 1 fully saturated rings. The van der Waals surface area contributed by atoms with E-state index in [1.54, 1.807) is 11.4 Å². The summed E-state index contributed by atoms with van der Waals surface area (Å²) in [6.07, 6.45) is 1.41. The third kappa shape index (κ3) is 3.68. The number of rotatable bonds is 4. The highest BCUT2D eigenvalue weighted by molar-refractivity contribution is 7.99. The third-order valence-corrected chi connectivity index (χ3v) is 5.29. The molecule has 1 saturated carbocycles. The summed E-state index contributed by atoms with van der Waals surface area (Å²) in [6, 6.07) is 1.61. The van der Waals surface area contributed by atoms with Gasteiger partial charge in [0, 0.05) is 28.9 Å². The first kappa shape index (κ1) is 13.8. The topological polar surface area (TPSA) is 37.3 Å². The summed E-state index contributed by atoms with van der Waals surface area (Å²) in [5.74, 6) is -2.77. The molecule has 2 rings (SSSR count). The van der Waals surface area contributed by atoms with Gasteiger partial charge < -0.3 is 5.11 Å². The van der Waals surface area contributed by atoms with Crippen LogP contribution < -0.4 is 0 Å². The zero-order valence-electron chi connectivity index (χ0n) is 9.70. The Bertz CT molecular complexity index is 431. The van der Waals surface area contributed by atoms with Crippen LogP contribution in [0, 0.1) is 5.92 Å². The Morgan fingerprint density at radius 1 is 1.61 bits per heavy atom. The first-order valence-corrected chi connectivity index (χ1v) is 7.65. The van der Waals surface area contributed by atoms with E-state index < -0.39 is 11.9 Å². The number of thiophene rings is 1. The number of carboxylic acid groups (broad SMARTS) is 1. The van der Waals surface area contributed by atoms with E-state index in [0.29, 0.717) is 17.1 Å². The summed E-state index contributed by atoms with van der Waals surface area (Å²) in [7, 11) is 0. The molecular weight excluding hydrogens is 278 g/mol. The molecule has 6 heteroatoms. The van der Waals surface area contributed by atoms with Gasteiger partial charge in [-0.3, -0.25) is 0 Å². The molecule has 0 aromatic carbocycles. The predicted molar refractivity (Wildman–Crippen MR) is 68.9 cm³/mol. The molecule has 1 aliphatic rings. The van der Waals surface area contributed by atoms with Gasteiger partial charge in [-0.25, -0.2) is 13.6 Å². The number of aromatic carboxylic acids is 1. The van der Waals surface area contributed by atoms with Crippen molar-refractivity contribution in [2.24, 2.45) is 5.92 Å². The van der Waals surface area contributed by atoms with Crippen molar-refractivity contribution in [3.05, 3.63) is 16.3 Å². The highest BCUT2D eigenvalue weighted by Crippen LogP contribution is 2.39. The molecule has 0 amide bonds. The van der Waals surface area contributed by atoms with Gasteiger partial charge in [-0.05, 0) is 24.8 Å². The van der Waals surface area contributed by atoms with Gasteiger partial charge in [0.2, 0.25) is 5.92 Å². The fourth-order valence-corrected chi connectivity index (χ4v) is 4.15. The van der Waals surface area contributed by atoms with E-state index in [-0.39, 0.29) is 18.8 Å². The van der Waals surface area contributed by atoms with E-state index in [4.69, 9.17) is 5.11 Å². The first-order valence-electron chi connectivity index (χ1n) is 5.79. The lowest BCUT2D eigenvalue weighted by atomic mass is 9.88. The van der Waals surface area contributed by atoms with Gasteiger partial charge in [-0.15, -0.1) is 23.1 Å². The van der Waals surface area contributed by atoms with E-state index in [1.165, 1.54) is 23.1 Å². The smallest absolute Gasteiger partial charge is 0.345 e. The van der Waals surface area contributed by atoms with Crippen LogP contribution in [0.3, 0.4) is 0 Å². The number of hydrogen-bond acceptors (Lipinski definition) is 3. The maximum atomic E-state index is 13.2. The zero-order valence-corrected chi connectivity index (χ0v) is 11.3. The molecule has 1 unspecified atom stereocenters. The fraction of sp³-hybridized carbons (Fsp3) is 0.583. The molecule has 1 N–H and O–H groups in total. The van der Waals surface area contributed by atoms with Crippen LogP contribution in [-0.4, -0.2) is 22.8 Å². The lowest BCUT2D eigenvalue weighted by Crippen LogP contribution is -2.27. The Labute approximate surface area is 112 Å². The predicted octanol–water partition coefficient (Wildman–Crippen LogP) is 4.36. The van der Waals surface area contributed by atoms with Gasteiger partial charge in [-0.2, -0.15) is 0 Å². The van der Waals surface area contributed by atoms with Crippen molar-refractivity contribution in [1.82, 2.24) is 0 Å². The number of halogens is 2. The molecule has 1 atom stereocenters. The van der Waals surface area contributed by atoms with E-state index >= 15 is 0 Å². The van der Waals surface area contributed by atoms with Crippen LogP contribution in [0.15, 0.2) is 16.3 Å². The minimum absolute atomic E-state index is 0.00970. The van der Waals surface area contributed by atoms with Crippen LogP contribution >= 0.6 is 23.1 Å². The summed E-state index contributed by atoms with van der Waals surface area (Å²) in [5.41, 5.74) is 0. The molecule has 2 nitrogen and oxygen atoms in total. The molecule has 1 heterocycles. The average Bonchev–Trinajstić information content (AvgIpc) is 2.74. The lowest BCUT2D eigenvalue weighted by molar-refractivity contribution is -0.0487. The van der Waals surface area contributed by atoms with Gasteiger partial charge >= 0.3 is 5.97 Å². The number of alkyl halides is 2. The van der Waals surface area contributed by atoms with Gasteiger partial charge in [0.05, 0.1) is 0 Å².